The Morgan fingerprint density at radius 3 is 2.25 bits per heavy atom. The molecule has 0 saturated heterocycles. The molecule has 0 aromatic heterocycles. The summed E-state index contributed by atoms with van der Waals surface area (Å²) in [5.74, 6) is -0.276. The van der Waals surface area contributed by atoms with Crippen LogP contribution in [0, 0.1) is 5.82 Å². The first kappa shape index (κ1) is 14.5. The molecule has 2 aromatic rings. The quantitative estimate of drug-likeness (QED) is 0.807. The minimum Gasteiger partial charge on any atom is -0.379 e. The zero-order valence-corrected chi connectivity index (χ0v) is 12.0. The Labute approximate surface area is 118 Å². The maximum Gasteiger partial charge on any atom is 0.339 e. The van der Waals surface area contributed by atoms with E-state index in [2.05, 4.69) is 0 Å². The monoisotopic (exact) mass is 294 g/mol. The maximum atomic E-state index is 13.0. The van der Waals surface area contributed by atoms with E-state index in [4.69, 9.17) is 4.18 Å². The first-order valence-corrected chi connectivity index (χ1v) is 7.59. The van der Waals surface area contributed by atoms with Gasteiger partial charge in [0, 0.05) is 6.07 Å². The Morgan fingerprint density at radius 2 is 1.70 bits per heavy atom. The second kappa shape index (κ2) is 5.63. The van der Waals surface area contributed by atoms with Crippen molar-refractivity contribution in [2.24, 2.45) is 0 Å². The molecule has 20 heavy (non-hydrogen) atoms. The molecule has 0 bridgehead atoms. The molecular formula is C15H15FO3S. The lowest BCUT2D eigenvalue weighted by atomic mass is 10.0. The van der Waals surface area contributed by atoms with Crippen molar-refractivity contribution in [1.29, 1.82) is 0 Å². The minimum atomic E-state index is -3.94. The van der Waals surface area contributed by atoms with Crippen LogP contribution in [-0.4, -0.2) is 8.42 Å². The average molecular weight is 294 g/mol. The van der Waals surface area contributed by atoms with Crippen LogP contribution in [0.1, 0.15) is 25.3 Å². The number of hydrogen-bond donors (Lipinski definition) is 0. The van der Waals surface area contributed by atoms with Crippen LogP contribution in [0.3, 0.4) is 0 Å². The van der Waals surface area contributed by atoms with Gasteiger partial charge in [0.05, 0.1) is 0 Å². The Hall–Kier alpha value is -1.88. The molecular weight excluding hydrogens is 279 g/mol. The largest absolute Gasteiger partial charge is 0.379 e. The highest BCUT2D eigenvalue weighted by molar-refractivity contribution is 7.87. The fraction of sp³-hybridized carbons (Fsp3) is 0.200. The van der Waals surface area contributed by atoms with Crippen molar-refractivity contribution < 1.29 is 17.0 Å². The van der Waals surface area contributed by atoms with E-state index < -0.39 is 15.9 Å². The summed E-state index contributed by atoms with van der Waals surface area (Å²) in [7, 11) is -3.94. The summed E-state index contributed by atoms with van der Waals surface area (Å²) in [6.07, 6.45) is 0. The van der Waals surface area contributed by atoms with Crippen molar-refractivity contribution in [2.75, 3.05) is 0 Å². The van der Waals surface area contributed by atoms with Gasteiger partial charge in [0.15, 0.2) is 0 Å². The van der Waals surface area contributed by atoms with Crippen LogP contribution in [-0.2, 0) is 10.1 Å². The Bertz CT molecular complexity index is 691. The molecule has 0 amide bonds. The summed E-state index contributed by atoms with van der Waals surface area (Å²) in [4.78, 5) is 0.0474. The van der Waals surface area contributed by atoms with E-state index in [1.165, 1.54) is 30.3 Å². The van der Waals surface area contributed by atoms with Crippen LogP contribution >= 0.6 is 0 Å². The lowest BCUT2D eigenvalue weighted by Gasteiger charge is -2.09. The van der Waals surface area contributed by atoms with Gasteiger partial charge in [-0.25, -0.2) is 4.39 Å². The van der Waals surface area contributed by atoms with E-state index in [0.29, 0.717) is 5.92 Å². The molecule has 0 aliphatic carbocycles. The summed E-state index contributed by atoms with van der Waals surface area (Å²) < 4.78 is 42.0. The molecule has 0 fully saturated rings. The highest BCUT2D eigenvalue weighted by atomic mass is 32.2. The molecule has 0 aliphatic rings. The molecule has 0 spiro atoms. The van der Waals surface area contributed by atoms with Gasteiger partial charge in [-0.05, 0) is 35.7 Å². The van der Waals surface area contributed by atoms with Gasteiger partial charge in [-0.1, -0.05) is 32.0 Å². The third-order valence-electron chi connectivity index (χ3n) is 2.84. The molecule has 2 rings (SSSR count). The van der Waals surface area contributed by atoms with Gasteiger partial charge in [0.25, 0.3) is 0 Å². The third-order valence-corrected chi connectivity index (χ3v) is 4.10. The summed E-state index contributed by atoms with van der Waals surface area (Å²) in [6.45, 7) is 4.04. The standard InChI is InChI=1S/C15H15FO3S/c1-11(2)12-6-8-15(9-7-12)20(17,18)19-14-5-3-4-13(16)10-14/h3-11H,1-2H3. The van der Waals surface area contributed by atoms with Gasteiger partial charge in [0.1, 0.15) is 16.5 Å². The predicted octanol–water partition coefficient (Wildman–Crippen LogP) is 3.72. The van der Waals surface area contributed by atoms with E-state index in [0.717, 1.165) is 11.6 Å². The first-order chi connectivity index (χ1) is 9.38. The van der Waals surface area contributed by atoms with E-state index in [1.807, 2.05) is 13.8 Å². The molecule has 0 aliphatic heterocycles. The number of hydrogen-bond acceptors (Lipinski definition) is 3. The van der Waals surface area contributed by atoms with Gasteiger partial charge in [-0.3, -0.25) is 0 Å². The fourth-order valence-corrected chi connectivity index (χ4v) is 2.64. The number of rotatable bonds is 4. The summed E-state index contributed by atoms with van der Waals surface area (Å²) in [6, 6.07) is 11.5. The van der Waals surface area contributed by atoms with E-state index in [1.54, 1.807) is 12.1 Å². The molecule has 3 nitrogen and oxygen atoms in total. The zero-order valence-electron chi connectivity index (χ0n) is 11.2. The van der Waals surface area contributed by atoms with Crippen LogP contribution in [0.4, 0.5) is 4.39 Å². The van der Waals surface area contributed by atoms with Crippen molar-refractivity contribution >= 4 is 10.1 Å². The molecule has 5 heteroatoms. The van der Waals surface area contributed by atoms with Crippen LogP contribution in [0.25, 0.3) is 0 Å². The van der Waals surface area contributed by atoms with Crippen molar-refractivity contribution in [3.8, 4) is 5.75 Å². The Kier molecular flexibility index (Phi) is 4.09. The zero-order chi connectivity index (χ0) is 14.8. The van der Waals surface area contributed by atoms with Crippen LogP contribution < -0.4 is 4.18 Å². The number of benzene rings is 2. The lowest BCUT2D eigenvalue weighted by molar-refractivity contribution is 0.483. The summed E-state index contributed by atoms with van der Waals surface area (Å²) in [5, 5.41) is 0. The van der Waals surface area contributed by atoms with Gasteiger partial charge in [-0.15, -0.1) is 0 Å². The average Bonchev–Trinajstić information content (AvgIpc) is 2.38. The SMILES string of the molecule is CC(C)c1ccc(S(=O)(=O)Oc2cccc(F)c2)cc1. The molecule has 0 heterocycles. The second-order valence-electron chi connectivity index (χ2n) is 4.72. The van der Waals surface area contributed by atoms with E-state index >= 15 is 0 Å². The van der Waals surface area contributed by atoms with Crippen molar-refractivity contribution in [2.45, 2.75) is 24.7 Å². The summed E-state index contributed by atoms with van der Waals surface area (Å²) in [5.41, 5.74) is 1.04. The summed E-state index contributed by atoms with van der Waals surface area (Å²) >= 11 is 0. The predicted molar refractivity (Wildman–Crippen MR) is 74.7 cm³/mol. The van der Waals surface area contributed by atoms with Gasteiger partial charge < -0.3 is 4.18 Å². The Balaban J connectivity index is 2.26. The molecule has 2 aromatic carbocycles. The van der Waals surface area contributed by atoms with Crippen LogP contribution in [0.2, 0.25) is 0 Å². The molecule has 0 radical (unpaired) electrons. The normalized spacial score (nSPS) is 11.6. The third kappa shape index (κ3) is 3.36. The van der Waals surface area contributed by atoms with Crippen molar-refractivity contribution in [3.63, 3.8) is 0 Å². The second-order valence-corrected chi connectivity index (χ2v) is 6.26. The highest BCUT2D eigenvalue weighted by Gasteiger charge is 2.17. The molecule has 0 atom stereocenters. The Morgan fingerprint density at radius 1 is 1.05 bits per heavy atom. The van der Waals surface area contributed by atoms with Gasteiger partial charge in [0.2, 0.25) is 0 Å². The van der Waals surface area contributed by atoms with Crippen LogP contribution in [0.15, 0.2) is 53.4 Å². The fourth-order valence-electron chi connectivity index (χ4n) is 1.71. The number of halogens is 1. The molecule has 0 saturated carbocycles. The van der Waals surface area contributed by atoms with Gasteiger partial charge in [-0.2, -0.15) is 8.42 Å². The van der Waals surface area contributed by atoms with E-state index in [-0.39, 0.29) is 10.6 Å². The van der Waals surface area contributed by atoms with E-state index in [9.17, 15) is 12.8 Å². The van der Waals surface area contributed by atoms with Gasteiger partial charge >= 0.3 is 10.1 Å². The minimum absolute atomic E-state index is 0.0436. The van der Waals surface area contributed by atoms with Crippen LogP contribution in [0.5, 0.6) is 5.75 Å². The smallest absolute Gasteiger partial charge is 0.339 e. The highest BCUT2D eigenvalue weighted by Crippen LogP contribution is 2.21. The lowest BCUT2D eigenvalue weighted by Crippen LogP contribution is -2.10. The first-order valence-electron chi connectivity index (χ1n) is 6.18. The topological polar surface area (TPSA) is 43.4 Å². The molecule has 0 N–H and O–H groups in total. The van der Waals surface area contributed by atoms with Crippen molar-refractivity contribution in [1.82, 2.24) is 0 Å². The maximum absolute atomic E-state index is 13.0. The molecule has 106 valence electrons. The molecule has 0 unspecified atom stereocenters. The van der Waals surface area contributed by atoms with Crippen molar-refractivity contribution in [3.05, 3.63) is 59.9 Å².